The molecule has 2 fully saturated rings. The van der Waals surface area contributed by atoms with Gasteiger partial charge < -0.3 is 26.0 Å². The number of carbonyl (C=O) groups excluding carboxylic acids is 1. The molecule has 250 valence electrons. The van der Waals surface area contributed by atoms with E-state index in [1.165, 1.54) is 18.9 Å². The van der Waals surface area contributed by atoms with Crippen molar-refractivity contribution in [1.29, 1.82) is 0 Å². The lowest BCUT2D eigenvalue weighted by atomic mass is 9.95. The van der Waals surface area contributed by atoms with Gasteiger partial charge in [0.25, 0.3) is 5.56 Å². The lowest BCUT2D eigenvalue weighted by molar-refractivity contribution is -0.120. The van der Waals surface area contributed by atoms with Gasteiger partial charge >= 0.3 is 0 Å². The number of rotatable bonds is 11. The first-order valence-electron chi connectivity index (χ1n) is 16.9. The quantitative estimate of drug-likeness (QED) is 0.164. The summed E-state index contributed by atoms with van der Waals surface area (Å²) in [7, 11) is 0. The second-order valence-electron chi connectivity index (χ2n) is 12.7. The molecule has 5 N–H and O–H groups in total. The molecule has 0 saturated carbocycles. The summed E-state index contributed by atoms with van der Waals surface area (Å²) >= 11 is 0. The lowest BCUT2D eigenvalue weighted by Gasteiger charge is -2.39. The topological polar surface area (TPSA) is 123 Å². The smallest absolute Gasteiger partial charge is 0.270 e. The molecule has 5 rings (SSSR count). The molecular weight excluding hydrogens is 585 g/mol. The summed E-state index contributed by atoms with van der Waals surface area (Å²) in [5.74, 6) is -0.656. The van der Waals surface area contributed by atoms with Gasteiger partial charge in [0.15, 0.2) is 0 Å². The average molecular weight is 636 g/mol. The second kappa shape index (κ2) is 15.6. The molecule has 2 atom stereocenters. The number of allylic oxidation sites excluding steroid dienone is 8. The van der Waals surface area contributed by atoms with E-state index in [9.17, 15) is 19.1 Å². The number of likely N-dealkylation sites (tertiary alicyclic amines) is 1. The fraction of sp³-hybridized carbons (Fsp3) is 0.543. The van der Waals surface area contributed by atoms with E-state index in [4.69, 9.17) is 5.73 Å². The lowest BCUT2D eigenvalue weighted by Crippen LogP contribution is -2.48. The molecule has 2 unspecified atom stereocenters. The summed E-state index contributed by atoms with van der Waals surface area (Å²) in [4.78, 5) is 33.2. The number of nitrogens with zero attached hydrogens (tertiary/aromatic N) is 4. The number of aromatic amines is 1. The summed E-state index contributed by atoms with van der Waals surface area (Å²) in [5, 5.41) is 17.3. The Morgan fingerprint density at radius 1 is 1.15 bits per heavy atom. The van der Waals surface area contributed by atoms with Crippen molar-refractivity contribution in [1.82, 2.24) is 29.8 Å². The molecule has 0 aromatic carbocycles. The van der Waals surface area contributed by atoms with Crippen LogP contribution in [-0.4, -0.2) is 87.3 Å². The van der Waals surface area contributed by atoms with Crippen LogP contribution in [0.2, 0.25) is 0 Å². The minimum atomic E-state index is -0.213. The van der Waals surface area contributed by atoms with Crippen LogP contribution in [0.3, 0.4) is 0 Å². The van der Waals surface area contributed by atoms with Gasteiger partial charge in [-0.25, -0.2) is 4.39 Å². The monoisotopic (exact) mass is 635 g/mol. The standard InChI is InChI=1S/C35H50FN7O3/c1-3-29(33(37)31(44)23-25(2)41-18-20-42(21-19-41)30-14-6-4-5-13-28(30)36)38-32(45)24-26-11-7-8-12-27-34(26)39-43(35(27)46)22-17-40-15-9-10-16-40/h4-5,7-8,13-14,23,25-26,39,44H,3,6,9-12,15-22,24,37H2,1-2H3,(H,38,45)/b31-23+,33-29-. The number of nitrogens with one attached hydrogen (secondary N) is 2. The molecule has 2 saturated heterocycles. The van der Waals surface area contributed by atoms with E-state index in [2.05, 4.69) is 25.1 Å². The van der Waals surface area contributed by atoms with Gasteiger partial charge in [-0.15, -0.1) is 0 Å². The molecule has 2 aliphatic carbocycles. The minimum Gasteiger partial charge on any atom is -0.506 e. The zero-order chi connectivity index (χ0) is 32.6. The van der Waals surface area contributed by atoms with E-state index in [-0.39, 0.29) is 47.1 Å². The maximum atomic E-state index is 14.5. The van der Waals surface area contributed by atoms with Crippen molar-refractivity contribution in [2.75, 3.05) is 45.8 Å². The van der Waals surface area contributed by atoms with Gasteiger partial charge in [0.05, 0.1) is 17.9 Å². The summed E-state index contributed by atoms with van der Waals surface area (Å²) in [6.45, 7) is 10.3. The van der Waals surface area contributed by atoms with E-state index < -0.39 is 0 Å². The van der Waals surface area contributed by atoms with Crippen LogP contribution in [-0.2, 0) is 17.8 Å². The highest BCUT2D eigenvalue weighted by Gasteiger charge is 2.27. The van der Waals surface area contributed by atoms with Crippen LogP contribution in [0.25, 0.3) is 0 Å². The van der Waals surface area contributed by atoms with E-state index in [0.29, 0.717) is 69.8 Å². The number of aliphatic hydroxyl groups excluding tert-OH is 1. The van der Waals surface area contributed by atoms with Crippen molar-refractivity contribution in [3.63, 3.8) is 0 Å². The average Bonchev–Trinajstić information content (AvgIpc) is 3.55. The van der Waals surface area contributed by atoms with Crippen molar-refractivity contribution in [2.45, 2.75) is 77.3 Å². The van der Waals surface area contributed by atoms with Gasteiger partial charge in [-0.1, -0.05) is 37.3 Å². The third-order valence-electron chi connectivity index (χ3n) is 9.62. The highest BCUT2D eigenvalue weighted by atomic mass is 19.1. The summed E-state index contributed by atoms with van der Waals surface area (Å²) in [6, 6.07) is -0.109. The zero-order valence-corrected chi connectivity index (χ0v) is 27.3. The van der Waals surface area contributed by atoms with Gasteiger partial charge in [-0.2, -0.15) is 0 Å². The maximum Gasteiger partial charge on any atom is 0.270 e. The molecule has 10 nitrogen and oxygen atoms in total. The number of aliphatic hydroxyl groups is 1. The Morgan fingerprint density at radius 3 is 2.65 bits per heavy atom. The number of fused-ring (bicyclic) bond motifs is 1. The third kappa shape index (κ3) is 8.11. The Morgan fingerprint density at radius 2 is 1.91 bits per heavy atom. The van der Waals surface area contributed by atoms with E-state index in [0.717, 1.165) is 30.9 Å². The van der Waals surface area contributed by atoms with Crippen molar-refractivity contribution in [3.8, 4) is 0 Å². The van der Waals surface area contributed by atoms with Crippen LogP contribution in [0.5, 0.6) is 0 Å². The molecule has 0 spiro atoms. The first-order chi connectivity index (χ1) is 22.2. The van der Waals surface area contributed by atoms with E-state index in [1.807, 2.05) is 38.2 Å². The Hall–Kier alpha value is -3.83. The molecular formula is C35H50FN7O3. The second-order valence-corrected chi connectivity index (χ2v) is 12.7. The first kappa shape index (κ1) is 33.5. The van der Waals surface area contributed by atoms with Gasteiger partial charge in [-0.05, 0) is 70.7 Å². The fourth-order valence-corrected chi connectivity index (χ4v) is 6.86. The van der Waals surface area contributed by atoms with E-state index in [1.54, 1.807) is 16.8 Å². The van der Waals surface area contributed by atoms with Crippen LogP contribution < -0.4 is 16.6 Å². The van der Waals surface area contributed by atoms with Crippen molar-refractivity contribution in [2.24, 2.45) is 5.73 Å². The number of hydrogen-bond acceptors (Lipinski definition) is 7. The van der Waals surface area contributed by atoms with E-state index >= 15 is 0 Å². The van der Waals surface area contributed by atoms with Crippen molar-refractivity contribution >= 4 is 5.91 Å². The summed E-state index contributed by atoms with van der Waals surface area (Å²) < 4.78 is 16.2. The minimum absolute atomic E-state index is 0.00189. The Kier molecular flexibility index (Phi) is 11.4. The number of H-pyrrole nitrogens is 1. The largest absolute Gasteiger partial charge is 0.506 e. The van der Waals surface area contributed by atoms with Gasteiger partial charge in [0, 0.05) is 68.1 Å². The molecule has 3 heterocycles. The molecule has 1 aromatic rings. The fourth-order valence-electron chi connectivity index (χ4n) is 6.86. The molecule has 46 heavy (non-hydrogen) atoms. The van der Waals surface area contributed by atoms with Gasteiger partial charge in [-0.3, -0.25) is 24.3 Å². The number of amides is 1. The van der Waals surface area contributed by atoms with Crippen LogP contribution in [0.15, 0.2) is 76.0 Å². The molecule has 1 amide bonds. The number of halogens is 1. The third-order valence-corrected chi connectivity index (χ3v) is 9.62. The van der Waals surface area contributed by atoms with Crippen LogP contribution in [0, 0.1) is 0 Å². The SMILES string of the molecule is CC/C(NC(=O)CC1CC=CCc2c1[nH]n(CCN1CCCC1)c2=O)=C(N)\C(O)=C/C(C)N1CCN(C2=CCC=CC=C2F)CC1. The molecule has 1 aromatic heterocycles. The molecule has 4 aliphatic rings. The highest BCUT2D eigenvalue weighted by Crippen LogP contribution is 2.28. The van der Waals surface area contributed by atoms with Crippen LogP contribution in [0.4, 0.5) is 4.39 Å². The predicted octanol–water partition coefficient (Wildman–Crippen LogP) is 4.09. The number of hydrogen-bond donors (Lipinski definition) is 4. The highest BCUT2D eigenvalue weighted by molar-refractivity contribution is 5.79. The van der Waals surface area contributed by atoms with Crippen LogP contribution in [0.1, 0.15) is 69.5 Å². The molecule has 0 radical (unpaired) electrons. The molecule has 2 aliphatic heterocycles. The number of piperazine rings is 1. The number of nitrogens with two attached hydrogens (primary N) is 1. The Labute approximate surface area is 271 Å². The maximum absolute atomic E-state index is 14.5. The number of aromatic nitrogens is 2. The summed E-state index contributed by atoms with van der Waals surface area (Å²) in [5.41, 5.74) is 9.21. The Balaban J connectivity index is 1.19. The van der Waals surface area contributed by atoms with Gasteiger partial charge in [0.1, 0.15) is 11.6 Å². The molecule has 11 heteroatoms. The number of carbonyl (C=O) groups is 1. The zero-order valence-electron chi connectivity index (χ0n) is 27.3. The first-order valence-corrected chi connectivity index (χ1v) is 16.9. The van der Waals surface area contributed by atoms with Crippen molar-refractivity contribution in [3.05, 3.63) is 92.8 Å². The van der Waals surface area contributed by atoms with Gasteiger partial charge in [0.2, 0.25) is 5.91 Å². The van der Waals surface area contributed by atoms with Crippen molar-refractivity contribution < 1.29 is 14.3 Å². The van der Waals surface area contributed by atoms with Crippen LogP contribution >= 0.6 is 0 Å². The molecule has 0 bridgehead atoms. The predicted molar refractivity (Wildman–Crippen MR) is 180 cm³/mol. The normalized spacial score (nSPS) is 22.5. The summed E-state index contributed by atoms with van der Waals surface area (Å²) in [6.07, 6.45) is 17.8. The Bertz CT molecular complexity index is 1480.